The Kier molecular flexibility index (Phi) is 5.42. The standard InChI is InChI=1S/C14H29N3O/c1-12(2)9-17-6-7-18-14(11-17)10-16(3)13-4-5-15-8-13/h12-15H,4-11H2,1-3H3. The van der Waals surface area contributed by atoms with Crippen LogP contribution in [-0.2, 0) is 4.74 Å². The molecule has 0 aliphatic carbocycles. The molecule has 2 unspecified atom stereocenters. The number of likely N-dealkylation sites (N-methyl/N-ethyl adjacent to an activating group) is 1. The van der Waals surface area contributed by atoms with E-state index in [1.54, 1.807) is 0 Å². The van der Waals surface area contributed by atoms with Gasteiger partial charge in [-0.05, 0) is 25.9 Å². The molecule has 2 saturated heterocycles. The second-order valence-corrected chi connectivity index (χ2v) is 6.23. The Morgan fingerprint density at radius 2 is 2.28 bits per heavy atom. The van der Waals surface area contributed by atoms with E-state index in [1.165, 1.54) is 19.5 Å². The first-order chi connectivity index (χ1) is 8.65. The predicted molar refractivity (Wildman–Crippen MR) is 74.9 cm³/mol. The van der Waals surface area contributed by atoms with E-state index >= 15 is 0 Å². The molecule has 4 nitrogen and oxygen atoms in total. The Bertz CT molecular complexity index is 241. The molecule has 0 aromatic rings. The molecule has 0 spiro atoms. The van der Waals surface area contributed by atoms with Crippen molar-refractivity contribution in [2.45, 2.75) is 32.4 Å². The molecular weight excluding hydrogens is 226 g/mol. The molecule has 2 rings (SSSR count). The second kappa shape index (κ2) is 6.85. The number of nitrogens with zero attached hydrogens (tertiary/aromatic N) is 2. The van der Waals surface area contributed by atoms with E-state index in [-0.39, 0.29) is 0 Å². The van der Waals surface area contributed by atoms with E-state index < -0.39 is 0 Å². The number of morpholine rings is 1. The molecule has 0 aromatic carbocycles. The molecular formula is C14H29N3O. The number of nitrogens with one attached hydrogen (secondary N) is 1. The van der Waals surface area contributed by atoms with Crippen LogP contribution in [0.3, 0.4) is 0 Å². The van der Waals surface area contributed by atoms with E-state index in [9.17, 15) is 0 Å². The highest BCUT2D eigenvalue weighted by Crippen LogP contribution is 2.12. The van der Waals surface area contributed by atoms with Gasteiger partial charge in [0.2, 0.25) is 0 Å². The summed E-state index contributed by atoms with van der Waals surface area (Å²) in [5, 5.41) is 3.43. The highest BCUT2D eigenvalue weighted by atomic mass is 16.5. The summed E-state index contributed by atoms with van der Waals surface area (Å²) < 4.78 is 5.92. The number of rotatable bonds is 5. The first kappa shape index (κ1) is 14.3. The summed E-state index contributed by atoms with van der Waals surface area (Å²) >= 11 is 0. The maximum atomic E-state index is 5.92. The van der Waals surface area contributed by atoms with Crippen LogP contribution in [0, 0.1) is 5.92 Å². The van der Waals surface area contributed by atoms with E-state index in [2.05, 4.69) is 36.0 Å². The van der Waals surface area contributed by atoms with E-state index in [1.807, 2.05) is 0 Å². The summed E-state index contributed by atoms with van der Waals surface area (Å²) in [6, 6.07) is 0.703. The molecule has 0 saturated carbocycles. The number of hydrogen-bond acceptors (Lipinski definition) is 4. The molecule has 4 heteroatoms. The van der Waals surface area contributed by atoms with Crippen molar-refractivity contribution in [3.63, 3.8) is 0 Å². The van der Waals surface area contributed by atoms with Gasteiger partial charge < -0.3 is 10.1 Å². The van der Waals surface area contributed by atoms with Gasteiger partial charge in [-0.1, -0.05) is 13.8 Å². The zero-order valence-electron chi connectivity index (χ0n) is 12.2. The quantitative estimate of drug-likeness (QED) is 0.780. The number of ether oxygens (including phenoxy) is 1. The zero-order chi connectivity index (χ0) is 13.0. The molecule has 2 fully saturated rings. The Labute approximate surface area is 112 Å². The van der Waals surface area contributed by atoms with Crippen LogP contribution in [0.25, 0.3) is 0 Å². The van der Waals surface area contributed by atoms with Crippen LogP contribution in [0.5, 0.6) is 0 Å². The molecule has 2 heterocycles. The fraction of sp³-hybridized carbons (Fsp3) is 1.00. The molecule has 0 radical (unpaired) electrons. The normalized spacial score (nSPS) is 30.5. The maximum absolute atomic E-state index is 5.92. The van der Waals surface area contributed by atoms with Gasteiger partial charge in [0.25, 0.3) is 0 Å². The van der Waals surface area contributed by atoms with Crippen LogP contribution in [-0.4, -0.2) is 74.9 Å². The van der Waals surface area contributed by atoms with Gasteiger partial charge in [-0.15, -0.1) is 0 Å². The van der Waals surface area contributed by atoms with Crippen LogP contribution in [0.2, 0.25) is 0 Å². The summed E-state index contributed by atoms with van der Waals surface area (Å²) in [5.74, 6) is 0.750. The predicted octanol–water partition coefficient (Wildman–Crippen LogP) is 0.637. The Balaban J connectivity index is 1.74. The molecule has 0 bridgehead atoms. The van der Waals surface area contributed by atoms with E-state index in [0.717, 1.165) is 38.7 Å². The van der Waals surface area contributed by atoms with Gasteiger partial charge in [0.05, 0.1) is 12.7 Å². The molecule has 18 heavy (non-hydrogen) atoms. The second-order valence-electron chi connectivity index (χ2n) is 6.23. The van der Waals surface area contributed by atoms with Crippen LogP contribution < -0.4 is 5.32 Å². The van der Waals surface area contributed by atoms with E-state index in [4.69, 9.17) is 4.74 Å². The topological polar surface area (TPSA) is 27.7 Å². The van der Waals surface area contributed by atoms with Crippen molar-refractivity contribution in [3.05, 3.63) is 0 Å². The smallest absolute Gasteiger partial charge is 0.0829 e. The van der Waals surface area contributed by atoms with Crippen LogP contribution in [0.1, 0.15) is 20.3 Å². The molecule has 106 valence electrons. The minimum Gasteiger partial charge on any atom is -0.374 e. The van der Waals surface area contributed by atoms with Gasteiger partial charge in [0.1, 0.15) is 0 Å². The zero-order valence-corrected chi connectivity index (χ0v) is 12.2. The van der Waals surface area contributed by atoms with Crippen molar-refractivity contribution in [1.29, 1.82) is 0 Å². The molecule has 0 aromatic heterocycles. The summed E-state index contributed by atoms with van der Waals surface area (Å²) in [7, 11) is 2.24. The lowest BCUT2D eigenvalue weighted by Crippen LogP contribution is -2.49. The largest absolute Gasteiger partial charge is 0.374 e. The Hall–Kier alpha value is -0.160. The third kappa shape index (κ3) is 4.19. The van der Waals surface area contributed by atoms with E-state index in [0.29, 0.717) is 12.1 Å². The minimum absolute atomic E-state index is 0.392. The van der Waals surface area contributed by atoms with Gasteiger partial charge in [-0.3, -0.25) is 9.80 Å². The van der Waals surface area contributed by atoms with Crippen LogP contribution in [0.4, 0.5) is 0 Å². The molecule has 1 N–H and O–H groups in total. The minimum atomic E-state index is 0.392. The summed E-state index contributed by atoms with van der Waals surface area (Å²) in [5.41, 5.74) is 0. The molecule has 0 amide bonds. The summed E-state index contributed by atoms with van der Waals surface area (Å²) in [6.07, 6.45) is 1.67. The van der Waals surface area contributed by atoms with Gasteiger partial charge in [0, 0.05) is 38.8 Å². The van der Waals surface area contributed by atoms with Crippen molar-refractivity contribution in [3.8, 4) is 0 Å². The first-order valence-electron chi connectivity index (χ1n) is 7.40. The van der Waals surface area contributed by atoms with Gasteiger partial charge >= 0.3 is 0 Å². The fourth-order valence-electron chi connectivity index (χ4n) is 3.06. The Morgan fingerprint density at radius 1 is 1.44 bits per heavy atom. The summed E-state index contributed by atoms with van der Waals surface area (Å²) in [6.45, 7) is 12.3. The van der Waals surface area contributed by atoms with Gasteiger partial charge in [0.15, 0.2) is 0 Å². The molecule has 2 aliphatic rings. The monoisotopic (exact) mass is 255 g/mol. The highest BCUT2D eigenvalue weighted by Gasteiger charge is 2.25. The fourth-order valence-corrected chi connectivity index (χ4v) is 3.06. The lowest BCUT2D eigenvalue weighted by molar-refractivity contribution is -0.0467. The number of hydrogen-bond donors (Lipinski definition) is 1. The SMILES string of the molecule is CC(C)CN1CCOC(CN(C)C2CCNC2)C1. The van der Waals surface area contributed by atoms with Crippen molar-refractivity contribution in [2.75, 3.05) is 52.9 Å². The van der Waals surface area contributed by atoms with Crippen molar-refractivity contribution in [2.24, 2.45) is 5.92 Å². The van der Waals surface area contributed by atoms with Crippen molar-refractivity contribution >= 4 is 0 Å². The maximum Gasteiger partial charge on any atom is 0.0829 e. The van der Waals surface area contributed by atoms with Crippen LogP contribution >= 0.6 is 0 Å². The molecule has 2 aliphatic heterocycles. The van der Waals surface area contributed by atoms with Gasteiger partial charge in [-0.2, -0.15) is 0 Å². The average Bonchev–Trinajstić information content (AvgIpc) is 2.81. The first-order valence-corrected chi connectivity index (χ1v) is 7.40. The Morgan fingerprint density at radius 3 is 2.94 bits per heavy atom. The summed E-state index contributed by atoms with van der Waals surface area (Å²) in [4.78, 5) is 5.03. The van der Waals surface area contributed by atoms with Gasteiger partial charge in [-0.25, -0.2) is 0 Å². The van der Waals surface area contributed by atoms with Crippen molar-refractivity contribution in [1.82, 2.24) is 15.1 Å². The lowest BCUT2D eigenvalue weighted by Gasteiger charge is -2.36. The third-order valence-electron chi connectivity index (χ3n) is 4.00. The third-order valence-corrected chi connectivity index (χ3v) is 4.00. The highest BCUT2D eigenvalue weighted by molar-refractivity contribution is 4.82. The molecule has 2 atom stereocenters. The average molecular weight is 255 g/mol. The van der Waals surface area contributed by atoms with Crippen molar-refractivity contribution < 1.29 is 4.74 Å². The lowest BCUT2D eigenvalue weighted by atomic mass is 10.1. The van der Waals surface area contributed by atoms with Crippen LogP contribution in [0.15, 0.2) is 0 Å².